The van der Waals surface area contributed by atoms with Crippen LogP contribution in [0.2, 0.25) is 0 Å². The van der Waals surface area contributed by atoms with Gasteiger partial charge in [-0.2, -0.15) is 0 Å². The Labute approximate surface area is 92.6 Å². The second kappa shape index (κ2) is 5.57. The maximum absolute atomic E-state index is 11.1. The molecule has 1 aromatic heterocycles. The number of hydrazine groups is 1. The van der Waals surface area contributed by atoms with Gasteiger partial charge in [0.15, 0.2) is 0 Å². The second-order valence-electron chi connectivity index (χ2n) is 3.15. The molecule has 0 aromatic carbocycles. The number of nitrogens with zero attached hydrogens (tertiary/aromatic N) is 1. The molecule has 15 heavy (non-hydrogen) atoms. The average Bonchev–Trinajstić information content (AvgIpc) is 2.26. The maximum Gasteiger partial charge on any atom is 0.237 e. The van der Waals surface area contributed by atoms with Gasteiger partial charge < -0.3 is 5.73 Å². The van der Waals surface area contributed by atoms with Gasteiger partial charge in [-0.15, -0.1) is 11.8 Å². The zero-order valence-corrected chi connectivity index (χ0v) is 9.25. The predicted octanol–water partition coefficient (Wildman–Crippen LogP) is 0.382. The predicted molar refractivity (Wildman–Crippen MR) is 60.9 cm³/mol. The molecule has 0 fully saturated rings. The third-order valence-electron chi connectivity index (χ3n) is 1.83. The summed E-state index contributed by atoms with van der Waals surface area (Å²) in [6.45, 7) is 1.81. The number of carbonyl (C=O) groups is 1. The lowest BCUT2D eigenvalue weighted by Crippen LogP contribution is -2.35. The zero-order valence-electron chi connectivity index (χ0n) is 8.43. The van der Waals surface area contributed by atoms with Gasteiger partial charge in [-0.3, -0.25) is 10.2 Å². The summed E-state index contributed by atoms with van der Waals surface area (Å²) < 4.78 is 0. The molecule has 6 heteroatoms. The molecular formula is C9H14N4OS. The van der Waals surface area contributed by atoms with Gasteiger partial charge in [0.05, 0.1) is 16.9 Å². The van der Waals surface area contributed by atoms with Crippen LogP contribution in [0.25, 0.3) is 0 Å². The molecule has 1 aromatic rings. The summed E-state index contributed by atoms with van der Waals surface area (Å²) in [6, 6.07) is 3.61. The molecular weight excluding hydrogens is 212 g/mol. The Hall–Kier alpha value is -1.27. The van der Waals surface area contributed by atoms with E-state index < -0.39 is 0 Å². The van der Waals surface area contributed by atoms with Crippen LogP contribution in [0.3, 0.4) is 0 Å². The molecule has 0 radical (unpaired) electrons. The van der Waals surface area contributed by atoms with Gasteiger partial charge in [0, 0.05) is 11.7 Å². The van der Waals surface area contributed by atoms with Gasteiger partial charge in [-0.25, -0.2) is 10.8 Å². The summed E-state index contributed by atoms with van der Waals surface area (Å²) in [5.41, 5.74) is 8.25. The molecule has 0 saturated carbocycles. The lowest BCUT2D eigenvalue weighted by Gasteiger charge is -2.08. The number of aromatic nitrogens is 1. The molecule has 0 bridgehead atoms. The van der Waals surface area contributed by atoms with Crippen molar-refractivity contribution >= 4 is 23.4 Å². The van der Waals surface area contributed by atoms with Crippen LogP contribution in [-0.4, -0.2) is 16.6 Å². The third-order valence-corrected chi connectivity index (χ3v) is 3.03. The van der Waals surface area contributed by atoms with Gasteiger partial charge in [0.25, 0.3) is 0 Å². The van der Waals surface area contributed by atoms with Crippen LogP contribution >= 0.6 is 11.8 Å². The Bertz CT molecular complexity index is 327. The van der Waals surface area contributed by atoms with E-state index in [0.29, 0.717) is 11.4 Å². The van der Waals surface area contributed by atoms with E-state index in [1.807, 2.05) is 13.0 Å². The maximum atomic E-state index is 11.1. The van der Waals surface area contributed by atoms with Gasteiger partial charge in [-0.05, 0) is 12.1 Å². The van der Waals surface area contributed by atoms with E-state index in [-0.39, 0.29) is 11.8 Å². The van der Waals surface area contributed by atoms with Crippen molar-refractivity contribution in [2.24, 2.45) is 11.8 Å². The molecule has 0 aliphatic rings. The number of pyridine rings is 1. The minimum Gasteiger partial charge on any atom is -0.397 e. The molecule has 0 aliphatic heterocycles. The van der Waals surface area contributed by atoms with Crippen LogP contribution in [-0.2, 0) is 4.79 Å². The highest BCUT2D eigenvalue weighted by Crippen LogP contribution is 2.18. The van der Waals surface area contributed by atoms with Crippen molar-refractivity contribution in [2.45, 2.75) is 11.9 Å². The summed E-state index contributed by atoms with van der Waals surface area (Å²) in [4.78, 5) is 15.2. The largest absolute Gasteiger partial charge is 0.397 e. The number of nitrogen functional groups attached to an aromatic ring is 1. The van der Waals surface area contributed by atoms with E-state index in [1.165, 1.54) is 11.8 Å². The zero-order chi connectivity index (χ0) is 11.3. The summed E-state index contributed by atoms with van der Waals surface area (Å²) in [6.07, 6.45) is 1.59. The van der Waals surface area contributed by atoms with Crippen LogP contribution in [0, 0.1) is 5.92 Å². The number of rotatable bonds is 4. The highest BCUT2D eigenvalue weighted by molar-refractivity contribution is 7.99. The Morgan fingerprint density at radius 3 is 2.93 bits per heavy atom. The molecule has 1 rings (SSSR count). The molecule has 1 heterocycles. The fourth-order valence-corrected chi connectivity index (χ4v) is 1.77. The third kappa shape index (κ3) is 3.77. The van der Waals surface area contributed by atoms with E-state index >= 15 is 0 Å². The van der Waals surface area contributed by atoms with Crippen molar-refractivity contribution in [2.75, 3.05) is 11.5 Å². The lowest BCUT2D eigenvalue weighted by atomic mass is 10.2. The van der Waals surface area contributed by atoms with Gasteiger partial charge in [0.2, 0.25) is 5.91 Å². The van der Waals surface area contributed by atoms with E-state index in [2.05, 4.69) is 10.4 Å². The van der Waals surface area contributed by atoms with E-state index in [9.17, 15) is 4.79 Å². The Morgan fingerprint density at radius 1 is 1.67 bits per heavy atom. The van der Waals surface area contributed by atoms with Crippen LogP contribution in [0.5, 0.6) is 0 Å². The van der Waals surface area contributed by atoms with Gasteiger partial charge in [-0.1, -0.05) is 6.92 Å². The highest BCUT2D eigenvalue weighted by Gasteiger charge is 2.11. The van der Waals surface area contributed by atoms with E-state index in [4.69, 9.17) is 11.6 Å². The van der Waals surface area contributed by atoms with Crippen LogP contribution in [0.1, 0.15) is 6.92 Å². The van der Waals surface area contributed by atoms with Crippen molar-refractivity contribution in [1.29, 1.82) is 0 Å². The van der Waals surface area contributed by atoms with Crippen molar-refractivity contribution in [1.82, 2.24) is 10.4 Å². The molecule has 0 spiro atoms. The number of hydrogen-bond donors (Lipinski definition) is 3. The fraction of sp³-hybridized carbons (Fsp3) is 0.333. The summed E-state index contributed by atoms with van der Waals surface area (Å²) >= 11 is 1.50. The molecule has 5 nitrogen and oxygen atoms in total. The SMILES string of the molecule is CC(CSc1ccc(N)cn1)C(=O)NN. The number of amides is 1. The lowest BCUT2D eigenvalue weighted by molar-refractivity contribution is -0.123. The van der Waals surface area contributed by atoms with Gasteiger partial charge >= 0.3 is 0 Å². The topological polar surface area (TPSA) is 94.0 Å². The minimum absolute atomic E-state index is 0.139. The molecule has 0 saturated heterocycles. The monoisotopic (exact) mass is 226 g/mol. The summed E-state index contributed by atoms with van der Waals surface area (Å²) in [5, 5.41) is 0.848. The Kier molecular flexibility index (Phi) is 4.38. The van der Waals surface area contributed by atoms with Gasteiger partial charge in [0.1, 0.15) is 0 Å². The number of carbonyl (C=O) groups excluding carboxylic acids is 1. The first-order chi connectivity index (χ1) is 7.13. The average molecular weight is 226 g/mol. The molecule has 5 N–H and O–H groups in total. The van der Waals surface area contributed by atoms with Crippen molar-refractivity contribution in [3.8, 4) is 0 Å². The fourth-order valence-electron chi connectivity index (χ4n) is 0.905. The highest BCUT2D eigenvalue weighted by atomic mass is 32.2. The number of anilines is 1. The number of nitrogens with two attached hydrogens (primary N) is 2. The molecule has 1 unspecified atom stereocenters. The van der Waals surface area contributed by atoms with Crippen molar-refractivity contribution in [3.63, 3.8) is 0 Å². The van der Waals surface area contributed by atoms with Crippen molar-refractivity contribution in [3.05, 3.63) is 18.3 Å². The first kappa shape index (κ1) is 11.8. The normalized spacial score (nSPS) is 12.1. The quantitative estimate of drug-likeness (QED) is 0.299. The number of nitrogens with one attached hydrogen (secondary N) is 1. The van der Waals surface area contributed by atoms with Crippen LogP contribution < -0.4 is 17.0 Å². The Morgan fingerprint density at radius 2 is 2.40 bits per heavy atom. The smallest absolute Gasteiger partial charge is 0.237 e. The summed E-state index contributed by atoms with van der Waals surface area (Å²) in [7, 11) is 0. The summed E-state index contributed by atoms with van der Waals surface area (Å²) in [5.74, 6) is 5.35. The first-order valence-corrected chi connectivity index (χ1v) is 5.47. The minimum atomic E-state index is -0.169. The van der Waals surface area contributed by atoms with Crippen LogP contribution in [0.15, 0.2) is 23.4 Å². The standard InChI is InChI=1S/C9H14N4OS/c1-6(9(14)13-11)5-15-8-3-2-7(10)4-12-8/h2-4,6H,5,10-11H2,1H3,(H,13,14). The van der Waals surface area contributed by atoms with E-state index in [1.54, 1.807) is 12.3 Å². The molecule has 1 amide bonds. The van der Waals surface area contributed by atoms with Crippen LogP contribution in [0.4, 0.5) is 5.69 Å². The van der Waals surface area contributed by atoms with Crippen molar-refractivity contribution < 1.29 is 4.79 Å². The molecule has 82 valence electrons. The Balaban J connectivity index is 2.43. The second-order valence-corrected chi connectivity index (χ2v) is 4.19. The first-order valence-electron chi connectivity index (χ1n) is 4.48. The molecule has 0 aliphatic carbocycles. The van der Waals surface area contributed by atoms with E-state index in [0.717, 1.165) is 5.03 Å². The molecule has 1 atom stereocenters. The number of thioether (sulfide) groups is 1. The number of hydrogen-bond acceptors (Lipinski definition) is 5.